The van der Waals surface area contributed by atoms with Gasteiger partial charge in [-0.1, -0.05) is 66.2 Å². The molecule has 0 amide bonds. The number of rotatable bonds is 1. The van der Waals surface area contributed by atoms with Gasteiger partial charge in [-0.05, 0) is 12.5 Å². The largest absolute Gasteiger partial charge is 0.294 e. The van der Waals surface area contributed by atoms with Gasteiger partial charge in [-0.3, -0.25) is 9.59 Å². The number of ketones is 2. The number of carbonyl (C=O) groups excluding carboxylic acids is 2. The van der Waals surface area contributed by atoms with E-state index in [1.807, 2.05) is 30.3 Å². The number of halogens is 1. The topological polar surface area (TPSA) is 58.9 Å². The second kappa shape index (κ2) is 4.59. The Hall–Kier alpha value is -2.33. The van der Waals surface area contributed by atoms with Gasteiger partial charge in [0.25, 0.3) is 0 Å². The van der Waals surface area contributed by atoms with Crippen LogP contribution in [0, 0.1) is 5.92 Å². The number of nitrogens with zero attached hydrogens (tertiary/aromatic N) is 2. The molecule has 2 aromatic carbocycles. The molecule has 5 heteroatoms. The third kappa shape index (κ3) is 1.72. The molecule has 0 spiro atoms. The van der Waals surface area contributed by atoms with Crippen molar-refractivity contribution in [2.45, 2.75) is 17.5 Å². The van der Waals surface area contributed by atoms with Crippen molar-refractivity contribution in [2.24, 2.45) is 16.1 Å². The van der Waals surface area contributed by atoms with Crippen molar-refractivity contribution in [3.8, 4) is 0 Å². The lowest BCUT2D eigenvalue weighted by atomic mass is 9.68. The Morgan fingerprint density at radius 1 is 0.913 bits per heavy atom. The van der Waals surface area contributed by atoms with E-state index < -0.39 is 16.5 Å². The van der Waals surface area contributed by atoms with Gasteiger partial charge >= 0.3 is 0 Å². The first-order chi connectivity index (χ1) is 11.0. The summed E-state index contributed by atoms with van der Waals surface area (Å²) in [6.45, 7) is 1.81. The molecule has 3 atom stereocenters. The van der Waals surface area contributed by atoms with Crippen molar-refractivity contribution in [3.05, 3.63) is 71.3 Å². The second-order valence-electron chi connectivity index (χ2n) is 6.06. The molecule has 0 fully saturated rings. The first-order valence-electron chi connectivity index (χ1n) is 7.35. The minimum atomic E-state index is -1.66. The predicted octanol–water partition coefficient (Wildman–Crippen LogP) is 4.00. The third-order valence-electron chi connectivity index (χ3n) is 4.72. The van der Waals surface area contributed by atoms with Gasteiger partial charge in [0, 0.05) is 11.1 Å². The lowest BCUT2D eigenvalue weighted by molar-refractivity contribution is 0.0732. The van der Waals surface area contributed by atoms with Gasteiger partial charge in [0.1, 0.15) is 11.5 Å². The first-order valence-corrected chi connectivity index (χ1v) is 7.73. The highest BCUT2D eigenvalue weighted by Crippen LogP contribution is 2.54. The summed E-state index contributed by atoms with van der Waals surface area (Å²) in [6, 6.07) is 16.1. The van der Waals surface area contributed by atoms with Crippen molar-refractivity contribution >= 4 is 23.2 Å². The number of carbonyl (C=O) groups is 2. The monoisotopic (exact) mass is 324 g/mol. The standard InChI is InChI=1S/C18H13ClN2O2/c1-17(11-7-3-2-4-8-11)15-14(22)12-9-5-6-10-13(12)16(23)18(15,19)21-20-17/h2-10,15H,1H3/t15-,17+,18+/m0/s1. The average Bonchev–Trinajstić information content (AvgIpc) is 2.88. The molecule has 114 valence electrons. The molecule has 2 aromatic rings. The number of azo groups is 1. The molecule has 1 aliphatic heterocycles. The number of alkyl halides is 1. The molecule has 0 aromatic heterocycles. The Bertz CT molecular complexity index is 864. The quantitative estimate of drug-likeness (QED) is 0.588. The maximum atomic E-state index is 13.1. The molecule has 4 nitrogen and oxygen atoms in total. The summed E-state index contributed by atoms with van der Waals surface area (Å²) >= 11 is 6.55. The van der Waals surface area contributed by atoms with Gasteiger partial charge < -0.3 is 0 Å². The smallest absolute Gasteiger partial charge is 0.229 e. The van der Waals surface area contributed by atoms with Crippen LogP contribution in [0.2, 0.25) is 0 Å². The minimum absolute atomic E-state index is 0.188. The molecular formula is C18H13ClN2O2. The summed E-state index contributed by atoms with van der Waals surface area (Å²) < 4.78 is 0. The first kappa shape index (κ1) is 14.3. The summed E-state index contributed by atoms with van der Waals surface area (Å²) in [7, 11) is 0. The van der Waals surface area contributed by atoms with E-state index in [0.717, 1.165) is 5.56 Å². The summed E-state index contributed by atoms with van der Waals surface area (Å²) in [6.07, 6.45) is 0. The lowest BCUT2D eigenvalue weighted by Gasteiger charge is -2.36. The number of hydrogen-bond acceptors (Lipinski definition) is 4. The van der Waals surface area contributed by atoms with Crippen LogP contribution in [0.5, 0.6) is 0 Å². The van der Waals surface area contributed by atoms with Crippen LogP contribution >= 0.6 is 11.6 Å². The van der Waals surface area contributed by atoms with Crippen LogP contribution in [-0.2, 0) is 5.54 Å². The van der Waals surface area contributed by atoms with Gasteiger partial charge in [-0.15, -0.1) is 0 Å². The van der Waals surface area contributed by atoms with Crippen LogP contribution in [-0.4, -0.2) is 16.6 Å². The molecular weight excluding hydrogens is 312 g/mol. The Labute approximate surface area is 138 Å². The van der Waals surface area contributed by atoms with Gasteiger partial charge in [0.2, 0.25) is 10.8 Å². The average molecular weight is 325 g/mol. The fraction of sp³-hybridized carbons (Fsp3) is 0.222. The van der Waals surface area contributed by atoms with Crippen molar-refractivity contribution in [1.82, 2.24) is 0 Å². The highest BCUT2D eigenvalue weighted by Gasteiger charge is 2.64. The summed E-state index contributed by atoms with van der Waals surface area (Å²) in [5.74, 6) is -1.39. The number of fused-ring (bicyclic) bond motifs is 2. The molecule has 0 bridgehead atoms. The van der Waals surface area contributed by atoms with Gasteiger partial charge in [-0.2, -0.15) is 10.2 Å². The molecule has 23 heavy (non-hydrogen) atoms. The van der Waals surface area contributed by atoms with Gasteiger partial charge in [0.15, 0.2) is 5.78 Å². The molecule has 4 rings (SSSR count). The molecule has 0 saturated carbocycles. The fourth-order valence-electron chi connectivity index (χ4n) is 3.51. The van der Waals surface area contributed by atoms with E-state index in [1.54, 1.807) is 31.2 Å². The zero-order chi connectivity index (χ0) is 16.2. The van der Waals surface area contributed by atoms with E-state index in [9.17, 15) is 9.59 Å². The number of Topliss-reactive ketones (excluding diaryl/α,β-unsaturated/α-hetero) is 2. The predicted molar refractivity (Wildman–Crippen MR) is 85.8 cm³/mol. The Balaban J connectivity index is 1.95. The van der Waals surface area contributed by atoms with Gasteiger partial charge in [-0.25, -0.2) is 0 Å². The maximum absolute atomic E-state index is 13.1. The Morgan fingerprint density at radius 2 is 1.52 bits per heavy atom. The van der Waals surface area contributed by atoms with Crippen molar-refractivity contribution in [1.29, 1.82) is 0 Å². The van der Waals surface area contributed by atoms with Crippen molar-refractivity contribution < 1.29 is 9.59 Å². The maximum Gasteiger partial charge on any atom is 0.229 e. The molecule has 1 heterocycles. The van der Waals surface area contributed by atoms with E-state index in [4.69, 9.17) is 11.6 Å². The second-order valence-corrected chi connectivity index (χ2v) is 6.64. The van der Waals surface area contributed by atoms with E-state index in [0.29, 0.717) is 11.1 Å². The van der Waals surface area contributed by atoms with Crippen LogP contribution in [0.1, 0.15) is 33.2 Å². The highest BCUT2D eigenvalue weighted by atomic mass is 35.5. The minimum Gasteiger partial charge on any atom is -0.294 e. The van der Waals surface area contributed by atoms with Crippen LogP contribution < -0.4 is 0 Å². The summed E-state index contributed by atoms with van der Waals surface area (Å²) in [5, 5.41) is 8.36. The summed E-state index contributed by atoms with van der Waals surface area (Å²) in [4.78, 5) is 24.3. The van der Waals surface area contributed by atoms with Crippen molar-refractivity contribution in [2.75, 3.05) is 0 Å². The van der Waals surface area contributed by atoms with E-state index >= 15 is 0 Å². The van der Waals surface area contributed by atoms with Crippen LogP contribution in [0.15, 0.2) is 64.8 Å². The van der Waals surface area contributed by atoms with Crippen LogP contribution in [0.3, 0.4) is 0 Å². The van der Waals surface area contributed by atoms with Crippen LogP contribution in [0.25, 0.3) is 0 Å². The summed E-state index contributed by atoms with van der Waals surface area (Å²) in [5.41, 5.74) is 0.577. The van der Waals surface area contributed by atoms with Crippen molar-refractivity contribution in [3.63, 3.8) is 0 Å². The van der Waals surface area contributed by atoms with E-state index in [2.05, 4.69) is 10.2 Å². The SMILES string of the molecule is C[C@]1(c2ccccc2)N=N[C@@]2(Cl)C(=O)c3ccccc3C(=O)[C@H]21. The number of hydrogen-bond donors (Lipinski definition) is 0. The number of benzene rings is 2. The molecule has 0 N–H and O–H groups in total. The van der Waals surface area contributed by atoms with E-state index in [1.165, 1.54) is 0 Å². The Kier molecular flexibility index (Phi) is 2.85. The zero-order valence-electron chi connectivity index (χ0n) is 12.4. The normalized spacial score (nSPS) is 31.8. The third-order valence-corrected chi connectivity index (χ3v) is 5.19. The van der Waals surface area contributed by atoms with Crippen LogP contribution in [0.4, 0.5) is 0 Å². The zero-order valence-corrected chi connectivity index (χ0v) is 13.1. The molecule has 0 radical (unpaired) electrons. The molecule has 1 aliphatic carbocycles. The molecule has 0 saturated heterocycles. The lowest BCUT2D eigenvalue weighted by Crippen LogP contribution is -2.51. The molecule has 2 aliphatic rings. The van der Waals surface area contributed by atoms with Gasteiger partial charge in [0.05, 0.1) is 0 Å². The highest BCUT2D eigenvalue weighted by molar-refractivity contribution is 6.42. The van der Waals surface area contributed by atoms with E-state index in [-0.39, 0.29) is 11.6 Å². The molecule has 0 unspecified atom stereocenters. The Morgan fingerprint density at radius 3 is 2.22 bits per heavy atom. The fourth-order valence-corrected chi connectivity index (χ4v) is 3.96.